The largest absolute Gasteiger partial charge is 0.504 e. The maximum absolute atomic E-state index is 12.6. The third-order valence-corrected chi connectivity index (χ3v) is 9.25. The van der Waals surface area contributed by atoms with Gasteiger partial charge in [0, 0.05) is 24.6 Å². The second-order valence-corrected chi connectivity index (χ2v) is 12.9. The molecule has 0 spiro atoms. The monoisotopic (exact) mass is 601 g/mol. The molecule has 3 aliphatic rings. The number of ether oxygens (including phenoxy) is 1. The van der Waals surface area contributed by atoms with Gasteiger partial charge in [-0.2, -0.15) is 0 Å². The molecule has 8 nitrogen and oxygen atoms in total. The van der Waals surface area contributed by atoms with Gasteiger partial charge in [0.1, 0.15) is 24.2 Å². The smallest absolute Gasteiger partial charge is 0.227 e. The molecule has 1 aliphatic carbocycles. The highest BCUT2D eigenvalue weighted by Gasteiger charge is 2.29. The number of allylic oxidation sites excluding steroid dienone is 1. The van der Waals surface area contributed by atoms with Crippen LogP contribution in [0.5, 0.6) is 11.5 Å². The van der Waals surface area contributed by atoms with Gasteiger partial charge in [0.2, 0.25) is 6.73 Å². The van der Waals surface area contributed by atoms with Gasteiger partial charge in [-0.1, -0.05) is 81.7 Å². The highest BCUT2D eigenvalue weighted by atomic mass is 16.5. The Hall–Kier alpha value is -3.30. The van der Waals surface area contributed by atoms with Crippen molar-refractivity contribution in [2.45, 2.75) is 95.7 Å². The van der Waals surface area contributed by atoms with Gasteiger partial charge in [-0.3, -0.25) is 14.7 Å². The Labute approximate surface area is 261 Å². The highest BCUT2D eigenvalue weighted by molar-refractivity contribution is 5.87. The maximum Gasteiger partial charge on any atom is 0.227 e. The molecule has 1 saturated carbocycles. The van der Waals surface area contributed by atoms with Gasteiger partial charge in [0.05, 0.1) is 12.3 Å². The van der Waals surface area contributed by atoms with Crippen LogP contribution in [-0.4, -0.2) is 41.6 Å². The molecule has 8 heteroatoms. The summed E-state index contributed by atoms with van der Waals surface area (Å²) in [6.07, 6.45) is 15.7. The number of Topliss-reactive ketones (excluding diaryl/α,β-unsaturated/α-hetero) is 1. The number of phenolic OH excluding ortho intramolecular Hbond substituents is 1. The SMILES string of the molecule is NC(N)c1cccc(CC2=C3C[NH+](COc4cc(CCC(=O)C[C@H](O)CCCCC5CCCCC5)ccc4O)C=C3N=C2)c1. The van der Waals surface area contributed by atoms with Crippen molar-refractivity contribution >= 4 is 12.0 Å². The highest BCUT2D eigenvalue weighted by Crippen LogP contribution is 2.30. The van der Waals surface area contributed by atoms with E-state index in [1.54, 1.807) is 6.07 Å². The van der Waals surface area contributed by atoms with E-state index in [9.17, 15) is 15.0 Å². The molecule has 2 heterocycles. The molecule has 44 heavy (non-hydrogen) atoms. The van der Waals surface area contributed by atoms with Crippen LogP contribution in [0.2, 0.25) is 0 Å². The number of rotatable bonds is 16. The summed E-state index contributed by atoms with van der Waals surface area (Å²) in [7, 11) is 0. The molecule has 2 aromatic carbocycles. The minimum Gasteiger partial charge on any atom is -0.504 e. The van der Waals surface area contributed by atoms with Crippen LogP contribution in [0.15, 0.2) is 70.5 Å². The van der Waals surface area contributed by atoms with Crippen LogP contribution in [0.3, 0.4) is 0 Å². The standard InChI is InChI=1S/C36H48N4O4/c37-36(38)28-11-6-10-27(17-28)18-29-21-39-33-23-40(22-32(29)33)24-44-35-19-26(14-16-34(35)43)13-15-31(42)20-30(41)12-5-4-9-25-7-2-1-3-8-25/h6,10-11,14,16-17,19,21,23,25,30,36,41,43H,1-5,7-9,12-13,15,18,20,22,24,37-38H2/p+1/t30-/m1/s1. The molecule has 2 atom stereocenters. The molecule has 236 valence electrons. The number of carbonyl (C=O) groups excluding carboxylic acids is 1. The third-order valence-electron chi connectivity index (χ3n) is 9.25. The number of aliphatic hydroxyl groups excluding tert-OH is 1. The first-order valence-corrected chi connectivity index (χ1v) is 16.4. The zero-order valence-corrected chi connectivity index (χ0v) is 25.8. The predicted octanol–water partition coefficient (Wildman–Crippen LogP) is 4.40. The van der Waals surface area contributed by atoms with Crippen LogP contribution in [0.25, 0.3) is 0 Å². The zero-order chi connectivity index (χ0) is 30.9. The second-order valence-electron chi connectivity index (χ2n) is 12.9. The lowest BCUT2D eigenvalue weighted by molar-refractivity contribution is -0.855. The number of quaternary nitrogens is 1. The van der Waals surface area contributed by atoms with E-state index in [0.29, 0.717) is 31.7 Å². The number of unbranched alkanes of at least 4 members (excludes halogenated alkanes) is 1. The van der Waals surface area contributed by atoms with Gasteiger partial charge in [-0.15, -0.1) is 0 Å². The molecule has 2 aromatic rings. The van der Waals surface area contributed by atoms with Crippen molar-refractivity contribution in [3.8, 4) is 11.5 Å². The average Bonchev–Trinajstić information content (AvgIpc) is 3.60. The van der Waals surface area contributed by atoms with E-state index in [4.69, 9.17) is 16.2 Å². The summed E-state index contributed by atoms with van der Waals surface area (Å²) in [6, 6.07) is 13.3. The Morgan fingerprint density at radius 2 is 1.91 bits per heavy atom. The number of phenols is 1. The molecule has 1 fully saturated rings. The Morgan fingerprint density at radius 3 is 2.73 bits per heavy atom. The van der Waals surface area contributed by atoms with E-state index < -0.39 is 12.3 Å². The molecule has 0 amide bonds. The molecule has 5 rings (SSSR count). The topological polar surface area (TPSA) is 136 Å². The summed E-state index contributed by atoms with van der Waals surface area (Å²) in [5, 5.41) is 20.8. The fourth-order valence-corrected chi connectivity index (χ4v) is 6.68. The van der Waals surface area contributed by atoms with Gasteiger partial charge in [-0.25, -0.2) is 0 Å². The van der Waals surface area contributed by atoms with Crippen molar-refractivity contribution in [2.75, 3.05) is 13.3 Å². The van der Waals surface area contributed by atoms with Gasteiger partial charge in [-0.05, 0) is 59.6 Å². The van der Waals surface area contributed by atoms with E-state index >= 15 is 0 Å². The van der Waals surface area contributed by atoms with Gasteiger partial charge in [0.25, 0.3) is 0 Å². The fraction of sp³-hybridized carbons (Fsp3) is 0.500. The Balaban J connectivity index is 1.05. The van der Waals surface area contributed by atoms with Crippen LogP contribution in [0, 0.1) is 5.92 Å². The number of hydrogen-bond acceptors (Lipinski definition) is 7. The van der Waals surface area contributed by atoms with Crippen molar-refractivity contribution in [3.63, 3.8) is 0 Å². The number of aliphatic imine (C=N–C) groups is 1. The summed E-state index contributed by atoms with van der Waals surface area (Å²) in [5.74, 6) is 1.42. The minimum atomic E-state index is -0.556. The Bertz CT molecular complexity index is 1380. The van der Waals surface area contributed by atoms with Crippen LogP contribution in [-0.2, 0) is 17.6 Å². The van der Waals surface area contributed by atoms with Crippen molar-refractivity contribution in [1.29, 1.82) is 0 Å². The third kappa shape index (κ3) is 9.11. The normalized spacial score (nSPS) is 19.0. The van der Waals surface area contributed by atoms with Gasteiger partial charge in [0.15, 0.2) is 11.5 Å². The number of ketones is 1. The lowest BCUT2D eigenvalue weighted by Crippen LogP contribution is -3.07. The van der Waals surface area contributed by atoms with Crippen molar-refractivity contribution in [3.05, 3.63) is 82.2 Å². The number of benzene rings is 2. The molecular weight excluding hydrogens is 552 g/mol. The number of aromatic hydroxyl groups is 1. The summed E-state index contributed by atoms with van der Waals surface area (Å²) in [5.41, 5.74) is 18.0. The summed E-state index contributed by atoms with van der Waals surface area (Å²) < 4.78 is 6.03. The predicted molar refractivity (Wildman–Crippen MR) is 173 cm³/mol. The van der Waals surface area contributed by atoms with E-state index in [0.717, 1.165) is 59.0 Å². The number of carbonyl (C=O) groups is 1. The second kappa shape index (κ2) is 15.6. The Kier molecular flexibility index (Phi) is 11.4. The van der Waals surface area contributed by atoms with E-state index in [1.165, 1.54) is 49.7 Å². The number of fused-ring (bicyclic) bond motifs is 1. The van der Waals surface area contributed by atoms with Crippen molar-refractivity contribution in [1.82, 2.24) is 0 Å². The van der Waals surface area contributed by atoms with Crippen molar-refractivity contribution in [2.24, 2.45) is 22.4 Å². The van der Waals surface area contributed by atoms with Crippen molar-refractivity contribution < 1.29 is 24.6 Å². The molecule has 0 saturated heterocycles. The van der Waals surface area contributed by atoms with E-state index in [1.807, 2.05) is 36.5 Å². The van der Waals surface area contributed by atoms with Gasteiger partial charge < -0.3 is 26.4 Å². The fourth-order valence-electron chi connectivity index (χ4n) is 6.68. The lowest BCUT2D eigenvalue weighted by Gasteiger charge is -2.21. The summed E-state index contributed by atoms with van der Waals surface area (Å²) in [6.45, 7) is 1.09. The first-order valence-electron chi connectivity index (χ1n) is 16.4. The van der Waals surface area contributed by atoms with Crippen LogP contribution >= 0.6 is 0 Å². The maximum atomic E-state index is 12.6. The Morgan fingerprint density at radius 1 is 1.07 bits per heavy atom. The minimum absolute atomic E-state index is 0.0715. The molecule has 2 aliphatic heterocycles. The molecular formula is C36H49N4O4+. The average molecular weight is 602 g/mol. The van der Waals surface area contributed by atoms with E-state index in [-0.39, 0.29) is 18.0 Å². The van der Waals surface area contributed by atoms with E-state index in [2.05, 4.69) is 17.3 Å². The van der Waals surface area contributed by atoms with Gasteiger partial charge >= 0.3 is 0 Å². The molecule has 0 bridgehead atoms. The molecule has 0 radical (unpaired) electrons. The number of aryl methyl sites for hydroxylation is 1. The quantitative estimate of drug-likeness (QED) is 0.143. The number of nitrogens with two attached hydrogens (primary N) is 2. The molecule has 7 N–H and O–H groups in total. The zero-order valence-electron chi connectivity index (χ0n) is 25.8. The first kappa shape index (κ1) is 32.1. The molecule has 0 aromatic heterocycles. The lowest BCUT2D eigenvalue weighted by atomic mass is 9.85. The number of aliphatic hydroxyl groups is 1. The van der Waals surface area contributed by atoms with Crippen LogP contribution in [0.4, 0.5) is 0 Å². The number of nitrogens with zero attached hydrogens (tertiary/aromatic N) is 1. The summed E-state index contributed by atoms with van der Waals surface area (Å²) in [4.78, 5) is 18.3. The summed E-state index contributed by atoms with van der Waals surface area (Å²) >= 11 is 0. The molecule has 1 unspecified atom stereocenters. The number of nitrogens with one attached hydrogen (secondary N) is 1. The van der Waals surface area contributed by atoms with Crippen LogP contribution < -0.4 is 21.1 Å². The van der Waals surface area contributed by atoms with Crippen LogP contribution in [0.1, 0.15) is 93.5 Å². The first-order chi connectivity index (χ1) is 21.3. The number of hydrogen-bond donors (Lipinski definition) is 5.